The van der Waals surface area contributed by atoms with Gasteiger partial charge in [0, 0.05) is 44.6 Å². The predicted octanol–water partition coefficient (Wildman–Crippen LogP) is 0.575. The minimum absolute atomic E-state index is 0.00293. The van der Waals surface area contributed by atoms with Gasteiger partial charge in [-0.3, -0.25) is 14.4 Å². The number of fused-ring (bicyclic) bond motifs is 1. The van der Waals surface area contributed by atoms with E-state index >= 15 is 0 Å². The molecular weight excluding hydrogens is 334 g/mol. The van der Waals surface area contributed by atoms with E-state index in [9.17, 15) is 14.4 Å². The first-order chi connectivity index (χ1) is 12.6. The Bertz CT molecular complexity index is 748. The van der Waals surface area contributed by atoms with E-state index in [2.05, 4.69) is 5.32 Å². The average Bonchev–Trinajstić information content (AvgIpc) is 3.22. The largest absolute Gasteiger partial charge is 0.493 e. The lowest BCUT2D eigenvalue weighted by atomic mass is 10.1. The van der Waals surface area contributed by atoms with Crippen LogP contribution in [0.5, 0.6) is 5.75 Å². The maximum Gasteiger partial charge on any atom is 0.253 e. The van der Waals surface area contributed by atoms with Crippen LogP contribution in [0.25, 0.3) is 0 Å². The molecule has 1 N–H and O–H groups in total. The standard InChI is InChI=1S/C19H23N3O4/c23-17-5-3-15(20-17)19(25)22-8-1-7-21(9-10-22)18(24)14-2-4-16-13(12-14)6-11-26-16/h2,4,12,15H,1,3,5-11H2,(H,20,23). The number of ether oxygens (including phenoxy) is 1. The van der Waals surface area contributed by atoms with Gasteiger partial charge in [0.05, 0.1) is 6.61 Å². The summed E-state index contributed by atoms with van der Waals surface area (Å²) in [5.74, 6) is 0.784. The minimum Gasteiger partial charge on any atom is -0.493 e. The van der Waals surface area contributed by atoms with Crippen LogP contribution in [0, 0.1) is 0 Å². The molecule has 0 spiro atoms. The maximum atomic E-state index is 12.9. The minimum atomic E-state index is -0.401. The zero-order valence-corrected chi connectivity index (χ0v) is 14.7. The molecule has 7 heteroatoms. The normalized spacial score (nSPS) is 22.5. The number of carbonyl (C=O) groups excluding carboxylic acids is 3. The molecule has 3 aliphatic heterocycles. The molecule has 26 heavy (non-hydrogen) atoms. The van der Waals surface area contributed by atoms with Gasteiger partial charge in [-0.15, -0.1) is 0 Å². The van der Waals surface area contributed by atoms with E-state index in [4.69, 9.17) is 4.74 Å². The third-order valence-electron chi connectivity index (χ3n) is 5.32. The Kier molecular flexibility index (Phi) is 4.53. The molecule has 1 atom stereocenters. The molecule has 3 amide bonds. The number of nitrogens with one attached hydrogen (secondary N) is 1. The second-order valence-corrected chi connectivity index (χ2v) is 7.05. The van der Waals surface area contributed by atoms with E-state index in [1.807, 2.05) is 23.1 Å². The molecule has 1 aromatic carbocycles. The Morgan fingerprint density at radius 2 is 1.88 bits per heavy atom. The lowest BCUT2D eigenvalue weighted by Gasteiger charge is -2.24. The van der Waals surface area contributed by atoms with E-state index in [1.165, 1.54) is 0 Å². The van der Waals surface area contributed by atoms with Gasteiger partial charge in [-0.1, -0.05) is 0 Å². The van der Waals surface area contributed by atoms with Crippen molar-refractivity contribution in [3.05, 3.63) is 29.3 Å². The van der Waals surface area contributed by atoms with Crippen molar-refractivity contribution in [3.63, 3.8) is 0 Å². The van der Waals surface area contributed by atoms with Crippen molar-refractivity contribution in [1.82, 2.24) is 15.1 Å². The highest BCUT2D eigenvalue weighted by molar-refractivity contribution is 5.95. The monoisotopic (exact) mass is 357 g/mol. The number of nitrogens with zero attached hydrogens (tertiary/aromatic N) is 2. The summed E-state index contributed by atoms with van der Waals surface area (Å²) >= 11 is 0. The number of hydrogen-bond donors (Lipinski definition) is 1. The summed E-state index contributed by atoms with van der Waals surface area (Å²) in [7, 11) is 0. The third-order valence-corrected chi connectivity index (χ3v) is 5.32. The lowest BCUT2D eigenvalue weighted by molar-refractivity contribution is -0.134. The number of hydrogen-bond acceptors (Lipinski definition) is 4. The fourth-order valence-electron chi connectivity index (χ4n) is 3.86. The van der Waals surface area contributed by atoms with Gasteiger partial charge in [-0.05, 0) is 36.6 Å². The Labute approximate surface area is 152 Å². The van der Waals surface area contributed by atoms with Crippen LogP contribution in [-0.4, -0.2) is 66.3 Å². The second-order valence-electron chi connectivity index (χ2n) is 7.05. The highest BCUT2D eigenvalue weighted by Gasteiger charge is 2.32. The van der Waals surface area contributed by atoms with Crippen molar-refractivity contribution < 1.29 is 19.1 Å². The summed E-state index contributed by atoms with van der Waals surface area (Å²) in [6.07, 6.45) is 2.56. The first-order valence-electron chi connectivity index (χ1n) is 9.25. The van der Waals surface area contributed by atoms with Crippen molar-refractivity contribution in [3.8, 4) is 5.75 Å². The van der Waals surface area contributed by atoms with E-state index in [-0.39, 0.29) is 17.7 Å². The van der Waals surface area contributed by atoms with Crippen LogP contribution in [0.2, 0.25) is 0 Å². The van der Waals surface area contributed by atoms with Gasteiger partial charge in [-0.25, -0.2) is 0 Å². The number of benzene rings is 1. The first-order valence-corrected chi connectivity index (χ1v) is 9.25. The van der Waals surface area contributed by atoms with Crippen molar-refractivity contribution in [2.75, 3.05) is 32.8 Å². The average molecular weight is 357 g/mol. The summed E-state index contributed by atoms with van der Waals surface area (Å²) in [5.41, 5.74) is 1.76. The Morgan fingerprint density at radius 3 is 2.69 bits per heavy atom. The van der Waals surface area contributed by atoms with Crippen molar-refractivity contribution in [1.29, 1.82) is 0 Å². The SMILES string of the molecule is O=C1CCC(C(=O)N2CCCN(C(=O)c3ccc4c(c3)CCO4)CC2)N1. The Hall–Kier alpha value is -2.57. The van der Waals surface area contributed by atoms with Crippen LogP contribution in [0.15, 0.2) is 18.2 Å². The summed E-state index contributed by atoms with van der Waals surface area (Å²) in [6, 6.07) is 5.20. The van der Waals surface area contributed by atoms with Gasteiger partial charge < -0.3 is 19.9 Å². The fourth-order valence-corrected chi connectivity index (χ4v) is 3.86. The Morgan fingerprint density at radius 1 is 1.08 bits per heavy atom. The summed E-state index contributed by atoms with van der Waals surface area (Å²) in [5, 5.41) is 2.73. The highest BCUT2D eigenvalue weighted by atomic mass is 16.5. The van der Waals surface area contributed by atoms with E-state index in [1.54, 1.807) is 4.90 Å². The molecule has 0 saturated carbocycles. The van der Waals surface area contributed by atoms with Gasteiger partial charge in [0.2, 0.25) is 11.8 Å². The van der Waals surface area contributed by atoms with Gasteiger partial charge in [0.1, 0.15) is 11.8 Å². The molecule has 1 aromatic rings. The molecule has 0 aromatic heterocycles. The molecule has 1 unspecified atom stereocenters. The van der Waals surface area contributed by atoms with Crippen LogP contribution in [0.3, 0.4) is 0 Å². The van der Waals surface area contributed by atoms with Crippen LogP contribution >= 0.6 is 0 Å². The zero-order valence-electron chi connectivity index (χ0n) is 14.7. The van der Waals surface area contributed by atoms with E-state index in [0.717, 1.165) is 24.2 Å². The van der Waals surface area contributed by atoms with Crippen molar-refractivity contribution in [2.24, 2.45) is 0 Å². The zero-order chi connectivity index (χ0) is 18.1. The summed E-state index contributed by atoms with van der Waals surface area (Å²) in [4.78, 5) is 40.4. The summed E-state index contributed by atoms with van der Waals surface area (Å²) < 4.78 is 5.50. The number of amides is 3. The van der Waals surface area contributed by atoms with Crippen molar-refractivity contribution in [2.45, 2.75) is 31.7 Å². The number of carbonyl (C=O) groups is 3. The lowest BCUT2D eigenvalue weighted by Crippen LogP contribution is -2.46. The quantitative estimate of drug-likeness (QED) is 0.840. The molecule has 138 valence electrons. The molecule has 7 nitrogen and oxygen atoms in total. The third kappa shape index (κ3) is 3.25. The molecule has 4 rings (SSSR count). The smallest absolute Gasteiger partial charge is 0.253 e. The molecule has 3 aliphatic rings. The topological polar surface area (TPSA) is 79.0 Å². The van der Waals surface area contributed by atoms with E-state index < -0.39 is 6.04 Å². The molecule has 0 radical (unpaired) electrons. The maximum absolute atomic E-state index is 12.9. The molecule has 3 heterocycles. The van der Waals surface area contributed by atoms with Gasteiger partial charge in [0.25, 0.3) is 5.91 Å². The molecular formula is C19H23N3O4. The van der Waals surface area contributed by atoms with Crippen LogP contribution in [0.4, 0.5) is 0 Å². The number of rotatable bonds is 2. The molecule has 2 saturated heterocycles. The van der Waals surface area contributed by atoms with Gasteiger partial charge >= 0.3 is 0 Å². The highest BCUT2D eigenvalue weighted by Crippen LogP contribution is 2.26. The van der Waals surface area contributed by atoms with Gasteiger partial charge in [0.15, 0.2) is 0 Å². The molecule has 0 aliphatic carbocycles. The first kappa shape index (κ1) is 16.9. The van der Waals surface area contributed by atoms with Gasteiger partial charge in [-0.2, -0.15) is 0 Å². The predicted molar refractivity (Wildman–Crippen MR) is 93.9 cm³/mol. The van der Waals surface area contributed by atoms with Crippen molar-refractivity contribution >= 4 is 17.7 Å². The second kappa shape index (κ2) is 6.97. The molecule has 0 bridgehead atoms. The van der Waals surface area contributed by atoms with Crippen LogP contribution in [0.1, 0.15) is 35.2 Å². The fraction of sp³-hybridized carbons (Fsp3) is 0.526. The Balaban J connectivity index is 1.39. The van der Waals surface area contributed by atoms with Crippen LogP contribution < -0.4 is 10.1 Å². The summed E-state index contributed by atoms with van der Waals surface area (Å²) in [6.45, 7) is 2.94. The van der Waals surface area contributed by atoms with Crippen LogP contribution in [-0.2, 0) is 16.0 Å². The van der Waals surface area contributed by atoms with E-state index in [0.29, 0.717) is 51.2 Å². The molecule has 2 fully saturated rings.